The second kappa shape index (κ2) is 8.77. The summed E-state index contributed by atoms with van der Waals surface area (Å²) in [6, 6.07) is 27.5. The highest BCUT2D eigenvalue weighted by Gasteiger charge is 2.30. The summed E-state index contributed by atoms with van der Waals surface area (Å²) in [6.45, 7) is 2.96. The molecule has 1 atom stereocenters. The predicted molar refractivity (Wildman–Crippen MR) is 127 cm³/mol. The van der Waals surface area contributed by atoms with Gasteiger partial charge in [-0.25, -0.2) is 9.97 Å². The molecule has 2 heterocycles. The van der Waals surface area contributed by atoms with Gasteiger partial charge < -0.3 is 10.6 Å². The zero-order chi connectivity index (χ0) is 21.9. The van der Waals surface area contributed by atoms with Crippen LogP contribution in [0.25, 0.3) is 22.3 Å². The lowest BCUT2D eigenvalue weighted by atomic mass is 10.0. The van der Waals surface area contributed by atoms with Gasteiger partial charge in [-0.2, -0.15) is 0 Å². The number of rotatable bonds is 5. The number of benzene rings is 3. The maximum atomic E-state index is 12.3. The number of nitrogens with two attached hydrogens (primary N) is 1. The Labute approximate surface area is 187 Å². The summed E-state index contributed by atoms with van der Waals surface area (Å²) in [5, 5.41) is 1.04. The van der Waals surface area contributed by atoms with E-state index in [9.17, 15) is 4.79 Å². The quantitative estimate of drug-likeness (QED) is 0.530. The van der Waals surface area contributed by atoms with Crippen LogP contribution in [0.3, 0.4) is 0 Å². The number of para-hydroxylation sites is 1. The van der Waals surface area contributed by atoms with Crippen LogP contribution in [-0.2, 0) is 4.79 Å². The Morgan fingerprint density at radius 2 is 1.41 bits per heavy atom. The van der Waals surface area contributed by atoms with Crippen LogP contribution in [0.2, 0.25) is 0 Å². The van der Waals surface area contributed by atoms with Crippen LogP contribution in [0.15, 0.2) is 84.9 Å². The Bertz CT molecular complexity index is 1220. The van der Waals surface area contributed by atoms with Crippen molar-refractivity contribution in [1.82, 2.24) is 14.9 Å². The van der Waals surface area contributed by atoms with Crippen LogP contribution < -0.4 is 10.6 Å². The van der Waals surface area contributed by atoms with Gasteiger partial charge in [-0.3, -0.25) is 9.69 Å². The lowest BCUT2D eigenvalue weighted by Crippen LogP contribution is -2.50. The van der Waals surface area contributed by atoms with E-state index >= 15 is 0 Å². The van der Waals surface area contributed by atoms with Crippen molar-refractivity contribution in [2.24, 2.45) is 5.73 Å². The van der Waals surface area contributed by atoms with E-state index < -0.39 is 6.04 Å². The van der Waals surface area contributed by atoms with Gasteiger partial charge in [0, 0.05) is 37.1 Å². The first-order valence-corrected chi connectivity index (χ1v) is 10.9. The maximum Gasteiger partial charge on any atom is 0.239 e. The monoisotopic (exact) mass is 423 g/mol. The van der Waals surface area contributed by atoms with Crippen molar-refractivity contribution in [3.8, 4) is 11.4 Å². The molecule has 4 aromatic rings. The summed E-state index contributed by atoms with van der Waals surface area (Å²) in [7, 11) is 0. The number of carbonyl (C=O) groups excluding carboxylic acids is 1. The summed E-state index contributed by atoms with van der Waals surface area (Å²) in [6.07, 6.45) is 0. The highest BCUT2D eigenvalue weighted by atomic mass is 16.1. The minimum absolute atomic E-state index is 0.316. The van der Waals surface area contributed by atoms with Gasteiger partial charge >= 0.3 is 0 Å². The van der Waals surface area contributed by atoms with Crippen molar-refractivity contribution in [2.45, 2.75) is 6.04 Å². The number of anilines is 1. The molecule has 0 aliphatic carbocycles. The van der Waals surface area contributed by atoms with Crippen molar-refractivity contribution >= 4 is 22.6 Å². The minimum Gasteiger partial charge on any atom is -0.368 e. The van der Waals surface area contributed by atoms with Crippen molar-refractivity contribution in [2.75, 3.05) is 31.1 Å². The lowest BCUT2D eigenvalue weighted by Gasteiger charge is -2.39. The third-order valence-electron chi connectivity index (χ3n) is 5.98. The topological polar surface area (TPSA) is 75.4 Å². The Balaban J connectivity index is 1.44. The summed E-state index contributed by atoms with van der Waals surface area (Å²) in [5.41, 5.74) is 8.65. The van der Waals surface area contributed by atoms with E-state index in [1.807, 2.05) is 78.9 Å². The molecular formula is C26H25N5O. The predicted octanol–water partition coefficient (Wildman–Crippen LogP) is 3.65. The number of piperazine rings is 1. The van der Waals surface area contributed by atoms with Crippen molar-refractivity contribution in [3.63, 3.8) is 0 Å². The number of amides is 1. The molecule has 32 heavy (non-hydrogen) atoms. The molecule has 0 radical (unpaired) electrons. The number of fused-ring (bicyclic) bond motifs is 1. The highest BCUT2D eigenvalue weighted by Crippen LogP contribution is 2.29. The Hall–Kier alpha value is -3.77. The molecule has 1 amide bonds. The number of hydrogen-bond donors (Lipinski definition) is 1. The van der Waals surface area contributed by atoms with Crippen LogP contribution in [-0.4, -0.2) is 47.0 Å². The summed E-state index contributed by atoms with van der Waals surface area (Å²) in [5.74, 6) is 1.34. The standard InChI is InChI=1S/C26H25N5O/c27-24(32)23(19-9-3-1-4-10-19)30-15-17-31(18-16-30)26-21-13-7-8-14-22(21)28-25(29-26)20-11-5-2-6-12-20/h1-14,23H,15-18H2,(H2,27,32). The van der Waals surface area contributed by atoms with E-state index in [0.29, 0.717) is 0 Å². The van der Waals surface area contributed by atoms with E-state index in [0.717, 1.165) is 59.9 Å². The number of hydrogen-bond acceptors (Lipinski definition) is 5. The molecule has 160 valence electrons. The molecule has 3 aromatic carbocycles. The first-order valence-electron chi connectivity index (χ1n) is 10.9. The smallest absolute Gasteiger partial charge is 0.239 e. The molecule has 1 aromatic heterocycles. The SMILES string of the molecule is NC(=O)C(c1ccccc1)N1CCN(c2nc(-c3ccccc3)nc3ccccc23)CC1. The molecule has 2 N–H and O–H groups in total. The maximum absolute atomic E-state index is 12.3. The second-order valence-corrected chi connectivity index (χ2v) is 7.99. The molecule has 6 heteroatoms. The molecule has 1 saturated heterocycles. The van der Waals surface area contributed by atoms with Gasteiger partial charge in [-0.1, -0.05) is 72.8 Å². The van der Waals surface area contributed by atoms with Gasteiger partial charge in [-0.15, -0.1) is 0 Å². The van der Waals surface area contributed by atoms with E-state index in [-0.39, 0.29) is 5.91 Å². The molecule has 6 nitrogen and oxygen atoms in total. The highest BCUT2D eigenvalue weighted by molar-refractivity contribution is 5.91. The fraction of sp³-hybridized carbons (Fsp3) is 0.192. The van der Waals surface area contributed by atoms with Gasteiger partial charge in [-0.05, 0) is 17.7 Å². The van der Waals surface area contributed by atoms with Gasteiger partial charge in [0.1, 0.15) is 11.9 Å². The van der Waals surface area contributed by atoms with Crippen molar-refractivity contribution < 1.29 is 4.79 Å². The lowest BCUT2D eigenvalue weighted by molar-refractivity contribution is -0.123. The van der Waals surface area contributed by atoms with Crippen LogP contribution in [0.4, 0.5) is 5.82 Å². The van der Waals surface area contributed by atoms with Crippen LogP contribution in [0.1, 0.15) is 11.6 Å². The normalized spacial score (nSPS) is 15.6. The Morgan fingerprint density at radius 1 is 0.781 bits per heavy atom. The van der Waals surface area contributed by atoms with E-state index in [1.165, 1.54) is 0 Å². The fourth-order valence-electron chi connectivity index (χ4n) is 4.40. The van der Waals surface area contributed by atoms with Gasteiger partial charge in [0.2, 0.25) is 5.91 Å². The Morgan fingerprint density at radius 3 is 2.09 bits per heavy atom. The van der Waals surface area contributed by atoms with Crippen molar-refractivity contribution in [1.29, 1.82) is 0 Å². The first-order chi connectivity index (χ1) is 15.7. The molecule has 1 unspecified atom stereocenters. The second-order valence-electron chi connectivity index (χ2n) is 7.99. The molecule has 0 bridgehead atoms. The largest absolute Gasteiger partial charge is 0.368 e. The molecule has 5 rings (SSSR count). The first kappa shape index (κ1) is 20.2. The van der Waals surface area contributed by atoms with Crippen LogP contribution >= 0.6 is 0 Å². The van der Waals surface area contributed by atoms with E-state index in [4.69, 9.17) is 15.7 Å². The van der Waals surface area contributed by atoms with Crippen molar-refractivity contribution in [3.05, 3.63) is 90.5 Å². The zero-order valence-electron chi connectivity index (χ0n) is 17.8. The number of carbonyl (C=O) groups is 1. The third-order valence-corrected chi connectivity index (χ3v) is 5.98. The minimum atomic E-state index is -0.416. The van der Waals surface area contributed by atoms with Crippen LogP contribution in [0, 0.1) is 0 Å². The molecule has 1 aliphatic heterocycles. The summed E-state index contributed by atoms with van der Waals surface area (Å²) < 4.78 is 0. The average Bonchev–Trinajstić information content (AvgIpc) is 2.85. The molecule has 0 saturated carbocycles. The molecular weight excluding hydrogens is 398 g/mol. The molecule has 1 fully saturated rings. The third kappa shape index (κ3) is 3.92. The number of aromatic nitrogens is 2. The molecule has 1 aliphatic rings. The van der Waals surface area contributed by atoms with E-state index in [2.05, 4.69) is 15.9 Å². The summed E-state index contributed by atoms with van der Waals surface area (Å²) in [4.78, 5) is 26.5. The van der Waals surface area contributed by atoms with Gasteiger partial charge in [0.25, 0.3) is 0 Å². The molecule has 0 spiro atoms. The fourth-order valence-corrected chi connectivity index (χ4v) is 4.40. The summed E-state index contributed by atoms with van der Waals surface area (Å²) >= 11 is 0. The zero-order valence-corrected chi connectivity index (χ0v) is 17.8. The van der Waals surface area contributed by atoms with E-state index in [1.54, 1.807) is 0 Å². The van der Waals surface area contributed by atoms with Gasteiger partial charge in [0.15, 0.2) is 5.82 Å². The average molecular weight is 424 g/mol. The van der Waals surface area contributed by atoms with Gasteiger partial charge in [0.05, 0.1) is 5.52 Å². The number of primary amides is 1. The van der Waals surface area contributed by atoms with Crippen LogP contribution in [0.5, 0.6) is 0 Å². The Kier molecular flexibility index (Phi) is 5.52. The number of nitrogens with zero attached hydrogens (tertiary/aromatic N) is 4.